The lowest BCUT2D eigenvalue weighted by atomic mass is 10.1. The fraction of sp³-hybridized carbons (Fsp3) is 0.438. The third-order valence-corrected chi connectivity index (χ3v) is 3.17. The van der Waals surface area contributed by atoms with E-state index in [1.54, 1.807) is 13.8 Å². The molecule has 0 heterocycles. The van der Waals surface area contributed by atoms with Crippen LogP contribution in [0.1, 0.15) is 34.6 Å². The molecule has 0 saturated heterocycles. The average molecular weight is 385 g/mol. The molecule has 0 aromatic heterocycles. The van der Waals surface area contributed by atoms with E-state index in [-0.39, 0.29) is 23.0 Å². The number of anilines is 1. The van der Waals surface area contributed by atoms with Gasteiger partial charge in [-0.3, -0.25) is 20.5 Å². The molecule has 0 atom stereocenters. The Morgan fingerprint density at radius 1 is 1.42 bits per heavy atom. The van der Waals surface area contributed by atoms with Gasteiger partial charge in [-0.1, -0.05) is 11.6 Å². The largest absolute Gasteiger partial charge is 0.505 e. The van der Waals surface area contributed by atoms with E-state index >= 15 is 0 Å². The van der Waals surface area contributed by atoms with Gasteiger partial charge >= 0.3 is 5.97 Å². The van der Waals surface area contributed by atoms with Gasteiger partial charge < -0.3 is 9.84 Å². The molecule has 0 spiro atoms. The second-order valence-corrected chi connectivity index (χ2v) is 6.65. The van der Waals surface area contributed by atoms with Crippen molar-refractivity contribution in [1.29, 1.82) is 0 Å². The summed E-state index contributed by atoms with van der Waals surface area (Å²) in [6, 6.07) is 2.03. The number of ether oxygens (including phenoxy) is 1. The number of halogens is 1. The van der Waals surface area contributed by atoms with E-state index in [1.807, 2.05) is 20.8 Å². The van der Waals surface area contributed by atoms with E-state index in [2.05, 4.69) is 15.5 Å². The lowest BCUT2D eigenvalue weighted by Crippen LogP contribution is -2.28. The average Bonchev–Trinajstić information content (AvgIpc) is 2.48. The third kappa shape index (κ3) is 5.99. The maximum atomic E-state index is 12.1. The van der Waals surface area contributed by atoms with Crippen LogP contribution in [0.3, 0.4) is 0 Å². The number of phenols is 1. The molecule has 0 amide bonds. The summed E-state index contributed by atoms with van der Waals surface area (Å²) in [4.78, 5) is 26.6. The Morgan fingerprint density at radius 2 is 2.04 bits per heavy atom. The summed E-state index contributed by atoms with van der Waals surface area (Å²) in [6.07, 6.45) is 0. The molecule has 10 heteroatoms. The van der Waals surface area contributed by atoms with Crippen molar-refractivity contribution in [1.82, 2.24) is 0 Å². The number of phenolic OH excluding ortho intramolecular Hbond substituents is 1. The minimum Gasteiger partial charge on any atom is -0.505 e. The Bertz CT molecular complexity index is 769. The number of hydrogen-bond acceptors (Lipinski definition) is 8. The minimum absolute atomic E-state index is 0.00837. The molecule has 0 fully saturated rings. The highest BCUT2D eigenvalue weighted by Crippen LogP contribution is 2.34. The number of esters is 1. The topological polar surface area (TPSA) is 126 Å². The molecule has 1 aromatic carbocycles. The minimum atomic E-state index is -0.723. The first-order chi connectivity index (χ1) is 12.0. The summed E-state index contributed by atoms with van der Waals surface area (Å²) in [5.41, 5.74) is 1.81. The van der Waals surface area contributed by atoms with Crippen LogP contribution in [-0.4, -0.2) is 39.6 Å². The number of hydrogen-bond donors (Lipinski definition) is 2. The number of carbonyl (C=O) groups excluding carboxylic acids is 1. The molecular formula is C16H21ClN4O5. The zero-order valence-electron chi connectivity index (χ0n) is 15.2. The van der Waals surface area contributed by atoms with Crippen LogP contribution in [0, 0.1) is 10.1 Å². The molecule has 142 valence electrons. The monoisotopic (exact) mass is 384 g/mol. The van der Waals surface area contributed by atoms with Gasteiger partial charge in [0.05, 0.1) is 34.5 Å². The first-order valence-corrected chi connectivity index (χ1v) is 8.08. The first-order valence-electron chi connectivity index (χ1n) is 7.70. The Morgan fingerprint density at radius 3 is 2.54 bits per heavy atom. The number of hydrazone groups is 1. The van der Waals surface area contributed by atoms with Crippen molar-refractivity contribution >= 4 is 40.4 Å². The standard InChI is InChI=1S/C16H21ClN4O5/c1-6-26-15(23)14(9(2)18-16(3,4)5)20-19-11-7-10(17)12(21(24)25)8-13(11)22/h7-8,19,22H,6H2,1-5H3/b18-9?,20-14-. The van der Waals surface area contributed by atoms with Gasteiger partial charge in [-0.15, -0.1) is 0 Å². The number of nitrogens with zero attached hydrogens (tertiary/aromatic N) is 3. The lowest BCUT2D eigenvalue weighted by Gasteiger charge is -2.15. The SMILES string of the molecule is CCOC(=O)/C(=N\Nc1cc(Cl)c([N+](=O)[O-])cc1O)C(C)=NC(C)(C)C. The van der Waals surface area contributed by atoms with Crippen molar-refractivity contribution in [2.75, 3.05) is 12.0 Å². The Hall–Kier alpha value is -2.68. The summed E-state index contributed by atoms with van der Waals surface area (Å²) in [6.45, 7) is 8.97. The Balaban J connectivity index is 3.27. The second kappa shape index (κ2) is 8.61. The molecule has 0 unspecified atom stereocenters. The van der Waals surface area contributed by atoms with Gasteiger partial charge in [0.25, 0.3) is 5.69 Å². The molecule has 2 N–H and O–H groups in total. The van der Waals surface area contributed by atoms with E-state index < -0.39 is 27.9 Å². The third-order valence-electron chi connectivity index (χ3n) is 2.86. The van der Waals surface area contributed by atoms with Gasteiger partial charge in [0, 0.05) is 0 Å². The highest BCUT2D eigenvalue weighted by molar-refractivity contribution is 6.65. The predicted octanol–water partition coefficient (Wildman–Crippen LogP) is 3.54. The van der Waals surface area contributed by atoms with Gasteiger partial charge in [-0.25, -0.2) is 4.79 Å². The van der Waals surface area contributed by atoms with E-state index in [1.165, 1.54) is 0 Å². The van der Waals surface area contributed by atoms with E-state index in [4.69, 9.17) is 16.3 Å². The molecule has 0 aliphatic heterocycles. The van der Waals surface area contributed by atoms with Crippen molar-refractivity contribution < 1.29 is 19.6 Å². The van der Waals surface area contributed by atoms with Gasteiger partial charge in [0.2, 0.25) is 0 Å². The smallest absolute Gasteiger partial charge is 0.360 e. The summed E-state index contributed by atoms with van der Waals surface area (Å²) >= 11 is 5.82. The van der Waals surface area contributed by atoms with Crippen LogP contribution in [0.4, 0.5) is 11.4 Å². The van der Waals surface area contributed by atoms with Crippen LogP contribution >= 0.6 is 11.6 Å². The zero-order chi connectivity index (χ0) is 20.1. The van der Waals surface area contributed by atoms with Crippen LogP contribution in [0.5, 0.6) is 5.75 Å². The van der Waals surface area contributed by atoms with Gasteiger partial charge in [0.15, 0.2) is 5.71 Å². The predicted molar refractivity (Wildman–Crippen MR) is 100 cm³/mol. The number of nitro benzene ring substituents is 1. The van der Waals surface area contributed by atoms with Crippen LogP contribution in [-0.2, 0) is 9.53 Å². The van der Waals surface area contributed by atoms with Gasteiger partial charge in [-0.05, 0) is 40.7 Å². The van der Waals surface area contributed by atoms with Gasteiger partial charge in [0.1, 0.15) is 10.8 Å². The zero-order valence-corrected chi connectivity index (χ0v) is 15.9. The maximum Gasteiger partial charge on any atom is 0.360 e. The number of carbonyl (C=O) groups is 1. The number of nitro groups is 1. The van der Waals surface area contributed by atoms with Crippen LogP contribution in [0.15, 0.2) is 22.2 Å². The van der Waals surface area contributed by atoms with Crippen molar-refractivity contribution in [2.24, 2.45) is 10.1 Å². The fourth-order valence-electron chi connectivity index (χ4n) is 1.93. The normalized spacial score (nSPS) is 12.7. The van der Waals surface area contributed by atoms with Crippen LogP contribution < -0.4 is 5.43 Å². The summed E-state index contributed by atoms with van der Waals surface area (Å²) in [5.74, 6) is -1.14. The Labute approximate surface area is 155 Å². The molecule has 0 aliphatic carbocycles. The van der Waals surface area contributed by atoms with E-state index in [0.717, 1.165) is 12.1 Å². The number of rotatable bonds is 6. The Kier molecular flexibility index (Phi) is 7.08. The molecule has 0 aliphatic rings. The number of benzene rings is 1. The summed E-state index contributed by atoms with van der Waals surface area (Å²) in [5, 5.41) is 24.5. The summed E-state index contributed by atoms with van der Waals surface area (Å²) < 4.78 is 4.96. The second-order valence-electron chi connectivity index (χ2n) is 6.24. The number of aromatic hydroxyl groups is 1. The summed E-state index contributed by atoms with van der Waals surface area (Å²) in [7, 11) is 0. The molecule has 0 saturated carbocycles. The van der Waals surface area contributed by atoms with E-state index in [0.29, 0.717) is 5.71 Å². The molecule has 9 nitrogen and oxygen atoms in total. The van der Waals surface area contributed by atoms with Crippen molar-refractivity contribution in [3.05, 3.63) is 27.3 Å². The number of aliphatic imine (C=N–C) groups is 1. The lowest BCUT2D eigenvalue weighted by molar-refractivity contribution is -0.384. The molecular weight excluding hydrogens is 364 g/mol. The molecule has 0 radical (unpaired) electrons. The van der Waals surface area contributed by atoms with Crippen LogP contribution in [0.2, 0.25) is 5.02 Å². The maximum absolute atomic E-state index is 12.1. The number of nitrogens with one attached hydrogen (secondary N) is 1. The van der Waals surface area contributed by atoms with Crippen molar-refractivity contribution in [2.45, 2.75) is 40.2 Å². The molecule has 26 heavy (non-hydrogen) atoms. The van der Waals surface area contributed by atoms with E-state index in [9.17, 15) is 20.0 Å². The highest BCUT2D eigenvalue weighted by atomic mass is 35.5. The molecule has 0 bridgehead atoms. The molecule has 1 aromatic rings. The van der Waals surface area contributed by atoms with Gasteiger partial charge in [-0.2, -0.15) is 5.10 Å². The van der Waals surface area contributed by atoms with Crippen molar-refractivity contribution in [3.8, 4) is 5.75 Å². The van der Waals surface area contributed by atoms with Crippen molar-refractivity contribution in [3.63, 3.8) is 0 Å². The fourth-order valence-corrected chi connectivity index (χ4v) is 2.16. The first kappa shape index (κ1) is 21.4. The van der Waals surface area contributed by atoms with Crippen LogP contribution in [0.25, 0.3) is 0 Å². The highest BCUT2D eigenvalue weighted by Gasteiger charge is 2.21. The quantitative estimate of drug-likeness (QED) is 0.254. The molecule has 1 rings (SSSR count).